The van der Waals surface area contributed by atoms with Crippen LogP contribution in [0.5, 0.6) is 0 Å². The van der Waals surface area contributed by atoms with E-state index in [1.807, 2.05) is 20.8 Å². The maximum absolute atomic E-state index is 11.6. The van der Waals surface area contributed by atoms with Gasteiger partial charge in [0, 0.05) is 6.42 Å². The minimum absolute atomic E-state index is 0.00121. The molecule has 0 unspecified atom stereocenters. The van der Waals surface area contributed by atoms with Crippen molar-refractivity contribution < 1.29 is 19.1 Å². The fraction of sp³-hybridized carbons (Fsp3) is 0.951. The average molecular weight is 639 g/mol. The Morgan fingerprint density at radius 2 is 0.800 bits per heavy atom. The van der Waals surface area contributed by atoms with Crippen LogP contribution in [0.2, 0.25) is 0 Å². The summed E-state index contributed by atoms with van der Waals surface area (Å²) in [7, 11) is 0. The summed E-state index contributed by atoms with van der Waals surface area (Å²) in [5.41, 5.74) is -0.367. The normalized spacial score (nSPS) is 11.5. The highest BCUT2D eigenvalue weighted by Gasteiger charge is 2.22. The van der Waals surface area contributed by atoms with E-state index in [0.29, 0.717) is 19.6 Å². The molecule has 0 aromatic rings. The van der Waals surface area contributed by atoms with Gasteiger partial charge in [0.2, 0.25) is 0 Å². The van der Waals surface area contributed by atoms with Gasteiger partial charge < -0.3 is 9.47 Å². The third kappa shape index (κ3) is 40.9. The van der Waals surface area contributed by atoms with Crippen LogP contribution < -0.4 is 0 Å². The first-order valence-electron chi connectivity index (χ1n) is 19.8. The lowest BCUT2D eigenvalue weighted by Crippen LogP contribution is -2.23. The predicted molar refractivity (Wildman–Crippen MR) is 197 cm³/mol. The molecule has 0 rings (SSSR count). The molecule has 0 aliphatic rings. The van der Waals surface area contributed by atoms with Crippen LogP contribution in [-0.2, 0) is 19.1 Å². The lowest BCUT2D eigenvalue weighted by molar-refractivity contribution is -0.153. The molecule has 0 aliphatic carbocycles. The zero-order chi connectivity index (χ0) is 34.0. The van der Waals surface area contributed by atoms with Crippen LogP contribution in [0.3, 0.4) is 0 Å². The maximum Gasteiger partial charge on any atom is 0.311 e. The smallest absolute Gasteiger partial charge is 0.311 e. The Kier molecular flexibility index (Phi) is 35.1. The Bertz CT molecular complexity index is 619. The molecular weight excluding hydrogens is 556 g/mol. The second-order valence-corrected chi connectivity index (χ2v) is 15.5. The fourth-order valence-electron chi connectivity index (χ4n) is 5.30. The first-order chi connectivity index (χ1) is 21.5. The van der Waals surface area contributed by atoms with Crippen molar-refractivity contribution in [2.24, 2.45) is 17.3 Å². The topological polar surface area (TPSA) is 52.6 Å². The van der Waals surface area contributed by atoms with Gasteiger partial charge in [0.25, 0.3) is 0 Å². The van der Waals surface area contributed by atoms with Crippen molar-refractivity contribution in [1.29, 1.82) is 0 Å². The van der Waals surface area contributed by atoms with Crippen LogP contribution in [-0.4, -0.2) is 25.2 Å². The molecule has 0 spiro atoms. The van der Waals surface area contributed by atoms with Crippen LogP contribution >= 0.6 is 0 Å². The van der Waals surface area contributed by atoms with Crippen molar-refractivity contribution in [2.45, 2.75) is 222 Å². The number of carbonyl (C=O) groups is 2. The monoisotopic (exact) mass is 639 g/mol. The summed E-state index contributed by atoms with van der Waals surface area (Å²) in [4.78, 5) is 23.1. The Morgan fingerprint density at radius 3 is 1.18 bits per heavy atom. The van der Waals surface area contributed by atoms with Crippen LogP contribution in [0.15, 0.2) is 0 Å². The molecule has 0 fully saturated rings. The highest BCUT2D eigenvalue weighted by atomic mass is 16.5. The Morgan fingerprint density at radius 1 is 0.467 bits per heavy atom. The lowest BCUT2D eigenvalue weighted by atomic mass is 9.97. The molecule has 0 saturated heterocycles. The van der Waals surface area contributed by atoms with Gasteiger partial charge in [-0.3, -0.25) is 9.59 Å². The standard InChI is InChI=1S/C23H46O2.C18H36O2/c1-21(2)19-17-15-13-11-9-7-6-8-10-12-14-16-18-20-25-22(24)23(3,4)5;1-4-5-6-8-12-15-18(19)20-16-13-10-7-9-11-14-17(2)3/h21H,6-20H2,1-5H3;17H,4-16H2,1-3H3. The summed E-state index contributed by atoms with van der Waals surface area (Å²) in [6.07, 6.45) is 33.0. The van der Waals surface area contributed by atoms with Gasteiger partial charge in [-0.25, -0.2) is 0 Å². The van der Waals surface area contributed by atoms with Crippen LogP contribution in [0.1, 0.15) is 222 Å². The Balaban J connectivity index is 0. The second kappa shape index (κ2) is 34.3. The fourth-order valence-corrected chi connectivity index (χ4v) is 5.30. The molecule has 270 valence electrons. The number of rotatable bonds is 30. The van der Waals surface area contributed by atoms with Gasteiger partial charge in [-0.05, 0) is 51.9 Å². The van der Waals surface area contributed by atoms with Gasteiger partial charge in [-0.2, -0.15) is 0 Å². The van der Waals surface area contributed by atoms with Crippen LogP contribution in [0.4, 0.5) is 0 Å². The van der Waals surface area contributed by atoms with E-state index in [9.17, 15) is 9.59 Å². The van der Waals surface area contributed by atoms with E-state index < -0.39 is 0 Å². The molecule has 0 aliphatic heterocycles. The largest absolute Gasteiger partial charge is 0.466 e. The summed E-state index contributed by atoms with van der Waals surface area (Å²) >= 11 is 0. The zero-order valence-corrected chi connectivity index (χ0v) is 32.1. The summed E-state index contributed by atoms with van der Waals surface area (Å²) in [6.45, 7) is 18.3. The lowest BCUT2D eigenvalue weighted by Gasteiger charge is -2.16. The second-order valence-electron chi connectivity index (χ2n) is 15.5. The zero-order valence-electron chi connectivity index (χ0n) is 32.1. The molecule has 0 aromatic heterocycles. The highest BCUT2D eigenvalue weighted by molar-refractivity contribution is 5.75. The van der Waals surface area contributed by atoms with Gasteiger partial charge in [-0.15, -0.1) is 0 Å². The third-order valence-corrected chi connectivity index (χ3v) is 8.44. The SMILES string of the molecule is CC(C)CCCCCCCCCCCCCCCOC(=O)C(C)(C)C.CCCCCCCC(=O)OCCCCCCCC(C)C. The van der Waals surface area contributed by atoms with Gasteiger partial charge in [-0.1, -0.05) is 176 Å². The van der Waals surface area contributed by atoms with E-state index in [-0.39, 0.29) is 17.4 Å². The highest BCUT2D eigenvalue weighted by Crippen LogP contribution is 2.17. The minimum Gasteiger partial charge on any atom is -0.466 e. The van der Waals surface area contributed by atoms with Gasteiger partial charge >= 0.3 is 11.9 Å². The molecule has 4 nitrogen and oxygen atoms in total. The number of hydrogen-bond donors (Lipinski definition) is 0. The molecule has 0 amide bonds. The van der Waals surface area contributed by atoms with E-state index in [2.05, 4.69) is 34.6 Å². The number of ether oxygens (including phenoxy) is 2. The van der Waals surface area contributed by atoms with Gasteiger partial charge in [0.05, 0.1) is 18.6 Å². The Labute approximate surface area is 283 Å². The molecule has 0 saturated carbocycles. The Hall–Kier alpha value is -1.06. The van der Waals surface area contributed by atoms with E-state index in [1.165, 1.54) is 141 Å². The van der Waals surface area contributed by atoms with Crippen LogP contribution in [0, 0.1) is 17.3 Å². The minimum atomic E-state index is -0.367. The maximum atomic E-state index is 11.6. The van der Waals surface area contributed by atoms with E-state index in [4.69, 9.17) is 9.47 Å². The first kappa shape index (κ1) is 46.1. The summed E-state index contributed by atoms with van der Waals surface area (Å²) in [5.74, 6) is 1.63. The summed E-state index contributed by atoms with van der Waals surface area (Å²) in [5, 5.41) is 0. The van der Waals surface area contributed by atoms with E-state index in [1.54, 1.807) is 0 Å². The van der Waals surface area contributed by atoms with Crippen molar-refractivity contribution in [1.82, 2.24) is 0 Å². The third-order valence-electron chi connectivity index (χ3n) is 8.44. The predicted octanol–water partition coefficient (Wildman–Crippen LogP) is 13.6. The molecule has 0 atom stereocenters. The number of esters is 2. The van der Waals surface area contributed by atoms with Crippen molar-refractivity contribution in [3.8, 4) is 0 Å². The molecule has 4 heteroatoms. The molecule has 0 bridgehead atoms. The quantitative estimate of drug-likeness (QED) is 0.0580. The number of carbonyl (C=O) groups excluding carboxylic acids is 2. The number of unbranched alkanes of at least 4 members (excludes halogenated alkanes) is 20. The molecule has 0 aromatic carbocycles. The van der Waals surface area contributed by atoms with Gasteiger partial charge in [0.1, 0.15) is 0 Å². The van der Waals surface area contributed by atoms with Gasteiger partial charge in [0.15, 0.2) is 0 Å². The summed E-state index contributed by atoms with van der Waals surface area (Å²) in [6, 6.07) is 0. The van der Waals surface area contributed by atoms with Crippen LogP contribution in [0.25, 0.3) is 0 Å². The molecule has 0 heterocycles. The van der Waals surface area contributed by atoms with Crippen molar-refractivity contribution >= 4 is 11.9 Å². The number of hydrogen-bond acceptors (Lipinski definition) is 4. The van der Waals surface area contributed by atoms with E-state index >= 15 is 0 Å². The molecular formula is C41H82O4. The average Bonchev–Trinajstić information content (AvgIpc) is 2.97. The van der Waals surface area contributed by atoms with Crippen molar-refractivity contribution in [2.75, 3.05) is 13.2 Å². The summed E-state index contributed by atoms with van der Waals surface area (Å²) < 4.78 is 10.5. The van der Waals surface area contributed by atoms with Crippen molar-refractivity contribution in [3.63, 3.8) is 0 Å². The van der Waals surface area contributed by atoms with Crippen molar-refractivity contribution in [3.05, 3.63) is 0 Å². The van der Waals surface area contributed by atoms with E-state index in [0.717, 1.165) is 31.1 Å². The first-order valence-corrected chi connectivity index (χ1v) is 19.8. The molecule has 0 N–H and O–H groups in total. The molecule has 45 heavy (non-hydrogen) atoms. The molecule has 0 radical (unpaired) electrons.